The van der Waals surface area contributed by atoms with Gasteiger partial charge in [-0.2, -0.15) is 0 Å². The van der Waals surface area contributed by atoms with Crippen molar-refractivity contribution in [2.75, 3.05) is 0 Å². The number of hydrogen-bond acceptors (Lipinski definition) is 1. The van der Waals surface area contributed by atoms with E-state index in [-0.39, 0.29) is 0 Å². The first-order valence-electron chi connectivity index (χ1n) is 2.12. The number of hydrogen-bond donors (Lipinski definition) is 0. The molecule has 0 radical (unpaired) electrons. The van der Waals surface area contributed by atoms with Gasteiger partial charge in [-0.05, 0) is 34.0 Å². The van der Waals surface area contributed by atoms with Gasteiger partial charge in [0, 0.05) is 13.8 Å². The van der Waals surface area contributed by atoms with Crippen LogP contribution in [0, 0.1) is 3.57 Å². The molecule has 3 heteroatoms. The van der Waals surface area contributed by atoms with Crippen molar-refractivity contribution in [1.29, 1.82) is 0 Å². The van der Waals surface area contributed by atoms with Gasteiger partial charge in [-0.25, -0.2) is 0 Å². The molecule has 1 aromatic rings. The Kier molecular flexibility index (Phi) is 2.79. The summed E-state index contributed by atoms with van der Waals surface area (Å²) in [7, 11) is 0. The van der Waals surface area contributed by atoms with E-state index in [1.807, 2.05) is 0 Å². The summed E-state index contributed by atoms with van der Waals surface area (Å²) in [6, 6.07) is 2.13. The van der Waals surface area contributed by atoms with Crippen molar-refractivity contribution in [3.63, 3.8) is 0 Å². The van der Waals surface area contributed by atoms with Crippen LogP contribution in [0.4, 0.5) is 0 Å². The molecule has 0 aromatic carbocycles. The summed E-state index contributed by atoms with van der Waals surface area (Å²) in [5.74, 6) is 0. The van der Waals surface area contributed by atoms with Crippen LogP contribution in [0.3, 0.4) is 0 Å². The zero-order chi connectivity index (χ0) is 5.98. The molecular formula is C5H4BrIS. The highest BCUT2D eigenvalue weighted by Gasteiger charge is 1.95. The number of thiophene rings is 1. The molecule has 0 saturated carbocycles. The van der Waals surface area contributed by atoms with Crippen molar-refractivity contribution in [2.24, 2.45) is 0 Å². The quantitative estimate of drug-likeness (QED) is 0.552. The third-order valence-corrected chi connectivity index (χ3v) is 4.04. The summed E-state index contributed by atoms with van der Waals surface area (Å²) in [5.41, 5.74) is 0. The minimum Gasteiger partial charge on any atom is -0.147 e. The summed E-state index contributed by atoms with van der Waals surface area (Å²) < 4.78 is 1.37. The Bertz CT molecular complexity index is 173. The molecule has 0 N–H and O–H groups in total. The first kappa shape index (κ1) is 7.02. The van der Waals surface area contributed by atoms with Crippen LogP contribution < -0.4 is 0 Å². The van der Waals surface area contributed by atoms with E-state index in [1.54, 1.807) is 11.3 Å². The second-order valence-corrected chi connectivity index (χ2v) is 4.05. The number of alkyl halides is 1. The van der Waals surface area contributed by atoms with Gasteiger partial charge in [0.15, 0.2) is 0 Å². The second-order valence-electron chi connectivity index (χ2n) is 1.33. The lowest BCUT2D eigenvalue weighted by molar-refractivity contribution is 1.54. The van der Waals surface area contributed by atoms with Crippen LogP contribution in [0.5, 0.6) is 0 Å². The summed E-state index contributed by atoms with van der Waals surface area (Å²) in [4.78, 5) is 1.42. The molecule has 0 saturated heterocycles. The normalized spacial score (nSPS) is 9.75. The van der Waals surface area contributed by atoms with E-state index in [0.717, 1.165) is 5.33 Å². The van der Waals surface area contributed by atoms with Crippen molar-refractivity contribution in [3.8, 4) is 0 Å². The van der Waals surface area contributed by atoms with Crippen molar-refractivity contribution in [2.45, 2.75) is 5.33 Å². The summed E-state index contributed by atoms with van der Waals surface area (Å²) in [6.07, 6.45) is 0. The third-order valence-electron chi connectivity index (χ3n) is 0.812. The molecule has 0 unspecified atom stereocenters. The maximum absolute atomic E-state index is 3.39. The molecule has 0 aliphatic heterocycles. The monoisotopic (exact) mass is 302 g/mol. The predicted molar refractivity (Wildman–Crippen MR) is 49.7 cm³/mol. The first-order valence-corrected chi connectivity index (χ1v) is 5.20. The molecule has 0 fully saturated rings. The molecule has 0 bridgehead atoms. The van der Waals surface area contributed by atoms with Gasteiger partial charge < -0.3 is 0 Å². The Morgan fingerprint density at radius 3 is 2.75 bits per heavy atom. The van der Waals surface area contributed by atoms with E-state index in [0.29, 0.717) is 0 Å². The van der Waals surface area contributed by atoms with Crippen molar-refractivity contribution in [3.05, 3.63) is 19.9 Å². The molecule has 8 heavy (non-hydrogen) atoms. The van der Waals surface area contributed by atoms with E-state index in [1.165, 1.54) is 8.45 Å². The van der Waals surface area contributed by atoms with Crippen molar-refractivity contribution in [1.82, 2.24) is 0 Å². The zero-order valence-corrected chi connectivity index (χ0v) is 8.59. The Labute approximate surface area is 74.6 Å². The highest BCUT2D eigenvalue weighted by Crippen LogP contribution is 2.20. The van der Waals surface area contributed by atoms with Crippen molar-refractivity contribution >= 4 is 49.9 Å². The van der Waals surface area contributed by atoms with Gasteiger partial charge in [0.25, 0.3) is 0 Å². The average molecular weight is 303 g/mol. The molecule has 0 aliphatic carbocycles. The van der Waals surface area contributed by atoms with E-state index < -0.39 is 0 Å². The van der Waals surface area contributed by atoms with Crippen LogP contribution in [-0.2, 0) is 5.33 Å². The lowest BCUT2D eigenvalue weighted by atomic mass is 10.5. The average Bonchev–Trinajstić information content (AvgIpc) is 2.14. The topological polar surface area (TPSA) is 0 Å². The Balaban J connectivity index is 2.92. The van der Waals surface area contributed by atoms with Gasteiger partial charge in [0.05, 0.1) is 0 Å². The molecule has 0 aliphatic rings. The van der Waals surface area contributed by atoms with Gasteiger partial charge in [0.1, 0.15) is 0 Å². The third kappa shape index (κ3) is 1.45. The molecule has 1 rings (SSSR count). The Hall–Kier alpha value is 0.910. The van der Waals surface area contributed by atoms with Crippen LogP contribution in [0.15, 0.2) is 11.4 Å². The van der Waals surface area contributed by atoms with E-state index in [4.69, 9.17) is 0 Å². The molecule has 0 spiro atoms. The molecule has 44 valence electrons. The molecule has 1 heterocycles. The van der Waals surface area contributed by atoms with E-state index >= 15 is 0 Å². The highest BCUT2D eigenvalue weighted by atomic mass is 127. The lowest BCUT2D eigenvalue weighted by Crippen LogP contribution is -1.68. The highest BCUT2D eigenvalue weighted by molar-refractivity contribution is 14.1. The predicted octanol–water partition coefficient (Wildman–Crippen LogP) is 3.25. The zero-order valence-electron chi connectivity index (χ0n) is 4.03. The summed E-state index contributed by atoms with van der Waals surface area (Å²) >= 11 is 7.52. The molecule has 1 aromatic heterocycles. The fourth-order valence-corrected chi connectivity index (χ4v) is 3.25. The number of halogens is 2. The SMILES string of the molecule is BrCc1sccc1I. The fourth-order valence-electron chi connectivity index (χ4n) is 0.420. The van der Waals surface area contributed by atoms with Gasteiger partial charge in [0.2, 0.25) is 0 Å². The first-order chi connectivity index (χ1) is 3.84. The molecule has 0 nitrogen and oxygen atoms in total. The summed E-state index contributed by atoms with van der Waals surface area (Å²) in [6.45, 7) is 0. The minimum absolute atomic E-state index is 0.989. The van der Waals surface area contributed by atoms with Crippen molar-refractivity contribution < 1.29 is 0 Å². The maximum atomic E-state index is 3.39. The molecule has 0 amide bonds. The van der Waals surface area contributed by atoms with E-state index in [9.17, 15) is 0 Å². The largest absolute Gasteiger partial charge is 0.147 e. The van der Waals surface area contributed by atoms with Crippen LogP contribution in [-0.4, -0.2) is 0 Å². The van der Waals surface area contributed by atoms with Gasteiger partial charge in [-0.15, -0.1) is 11.3 Å². The van der Waals surface area contributed by atoms with Crippen LogP contribution in [0.2, 0.25) is 0 Å². The number of rotatable bonds is 1. The fraction of sp³-hybridized carbons (Fsp3) is 0.200. The van der Waals surface area contributed by atoms with E-state index in [2.05, 4.69) is 50.0 Å². The van der Waals surface area contributed by atoms with Gasteiger partial charge in [-0.3, -0.25) is 0 Å². The Morgan fingerprint density at radius 2 is 2.50 bits per heavy atom. The van der Waals surface area contributed by atoms with Gasteiger partial charge in [-0.1, -0.05) is 15.9 Å². The van der Waals surface area contributed by atoms with Gasteiger partial charge >= 0.3 is 0 Å². The van der Waals surface area contributed by atoms with Crippen LogP contribution in [0.25, 0.3) is 0 Å². The summed E-state index contributed by atoms with van der Waals surface area (Å²) in [5, 5.41) is 3.10. The van der Waals surface area contributed by atoms with Crippen LogP contribution in [0.1, 0.15) is 4.88 Å². The lowest BCUT2D eigenvalue weighted by Gasteiger charge is -1.84. The smallest absolute Gasteiger partial charge is 0.0387 e. The standard InChI is InChI=1S/C5H4BrIS/c6-3-5-4(7)1-2-8-5/h1-2H,3H2. The molecular weight excluding hydrogens is 299 g/mol. The maximum Gasteiger partial charge on any atom is 0.0387 e. The second kappa shape index (κ2) is 3.17. The van der Waals surface area contributed by atoms with Crippen LogP contribution >= 0.6 is 49.9 Å². The Morgan fingerprint density at radius 1 is 1.75 bits per heavy atom. The molecule has 0 atom stereocenters. The minimum atomic E-state index is 0.989.